The molecular weight excluding hydrogens is 120 g/mol. The largest absolute Gasteiger partial charge is 0.356 e. The van der Waals surface area contributed by atoms with Gasteiger partial charge in [-0.1, -0.05) is 0 Å². The van der Waals surface area contributed by atoms with Gasteiger partial charge in [-0.05, 0) is 6.92 Å². The maximum absolute atomic E-state index is 10.0. The lowest BCUT2D eigenvalue weighted by molar-refractivity contribution is -0.131. The predicted octanol–water partition coefficient (Wildman–Crippen LogP) is 0.816. The van der Waals surface area contributed by atoms with Gasteiger partial charge in [-0.15, -0.1) is 0 Å². The Morgan fingerprint density at radius 2 is 2.22 bits per heavy atom. The van der Waals surface area contributed by atoms with E-state index in [0.29, 0.717) is 13.0 Å². The fraction of sp³-hybridized carbons (Fsp3) is 1.00. The fourth-order valence-electron chi connectivity index (χ4n) is 0.551. The molecule has 0 heterocycles. The van der Waals surface area contributed by atoms with E-state index in [-0.39, 0.29) is 12.9 Å². The van der Waals surface area contributed by atoms with Gasteiger partial charge < -0.3 is 9.47 Å². The van der Waals surface area contributed by atoms with Crippen molar-refractivity contribution in [1.29, 1.82) is 0 Å². The molecule has 0 amide bonds. The summed E-state index contributed by atoms with van der Waals surface area (Å²) < 4.78 is 9.82. The smallest absolute Gasteiger partial charge is 0.159 e. The van der Waals surface area contributed by atoms with Crippen molar-refractivity contribution in [3.63, 3.8) is 0 Å². The van der Waals surface area contributed by atoms with E-state index in [0.717, 1.165) is 0 Å². The number of ether oxygens (including phenoxy) is 2. The Kier molecular flexibility index (Phi) is 5.93. The molecule has 3 nitrogen and oxygen atoms in total. The maximum Gasteiger partial charge on any atom is 0.159 e. The molecule has 0 N–H and O–H groups in total. The Bertz CT molecular complexity index is 50.3. The number of hydrogen-bond donors (Lipinski definition) is 0. The van der Waals surface area contributed by atoms with Crippen LogP contribution in [0.15, 0.2) is 0 Å². The Morgan fingerprint density at radius 3 is 2.56 bits per heavy atom. The summed E-state index contributed by atoms with van der Waals surface area (Å²) in [6.45, 7) is 2.33. The van der Waals surface area contributed by atoms with Crippen molar-refractivity contribution in [1.82, 2.24) is 0 Å². The van der Waals surface area contributed by atoms with Gasteiger partial charge in [0.1, 0.15) is 0 Å². The van der Waals surface area contributed by atoms with Gasteiger partial charge in [-0.3, -0.25) is 0 Å². The second-order valence-corrected chi connectivity index (χ2v) is 1.61. The van der Waals surface area contributed by atoms with Crippen LogP contribution in [0.4, 0.5) is 0 Å². The second kappa shape index (κ2) is 6.01. The van der Waals surface area contributed by atoms with Gasteiger partial charge in [0.15, 0.2) is 6.29 Å². The molecular formula is C6H13O3. The van der Waals surface area contributed by atoms with Crippen LogP contribution in [0, 0.1) is 0 Å². The van der Waals surface area contributed by atoms with Crippen LogP contribution in [0.5, 0.6) is 0 Å². The lowest BCUT2D eigenvalue weighted by Crippen LogP contribution is -2.16. The standard InChI is InChI=1S/C6H13O3/c1-3-9-6(8-2)4-5-7/h6H,3-5H2,1-2H3. The van der Waals surface area contributed by atoms with Crippen molar-refractivity contribution < 1.29 is 14.6 Å². The predicted molar refractivity (Wildman–Crippen MR) is 32.6 cm³/mol. The lowest BCUT2D eigenvalue weighted by atomic mass is 10.4. The van der Waals surface area contributed by atoms with E-state index in [1.165, 1.54) is 7.11 Å². The molecule has 1 unspecified atom stereocenters. The Hall–Kier alpha value is -0.120. The van der Waals surface area contributed by atoms with E-state index in [1.807, 2.05) is 6.92 Å². The highest BCUT2D eigenvalue weighted by Crippen LogP contribution is 1.96. The van der Waals surface area contributed by atoms with Gasteiger partial charge in [0, 0.05) is 20.1 Å². The van der Waals surface area contributed by atoms with Crippen molar-refractivity contribution in [3.8, 4) is 0 Å². The molecule has 0 aliphatic carbocycles. The normalized spacial score (nSPS) is 13.7. The summed E-state index contributed by atoms with van der Waals surface area (Å²) in [4.78, 5) is 0. The lowest BCUT2D eigenvalue weighted by Gasteiger charge is -2.12. The highest BCUT2D eigenvalue weighted by molar-refractivity contribution is 4.39. The van der Waals surface area contributed by atoms with Crippen LogP contribution in [0.1, 0.15) is 13.3 Å². The van der Waals surface area contributed by atoms with Crippen molar-refractivity contribution in [2.24, 2.45) is 0 Å². The highest BCUT2D eigenvalue weighted by atomic mass is 16.7. The van der Waals surface area contributed by atoms with Crippen LogP contribution >= 0.6 is 0 Å². The van der Waals surface area contributed by atoms with E-state index in [2.05, 4.69) is 0 Å². The molecule has 0 aliphatic rings. The molecule has 0 fully saturated rings. The third-order valence-corrected chi connectivity index (χ3v) is 0.969. The minimum atomic E-state index is -0.299. The van der Waals surface area contributed by atoms with Gasteiger partial charge in [-0.2, -0.15) is 0 Å². The number of rotatable bonds is 5. The Balaban J connectivity index is 3.18. The minimum Gasteiger partial charge on any atom is -0.356 e. The third-order valence-electron chi connectivity index (χ3n) is 0.969. The summed E-state index contributed by atoms with van der Waals surface area (Å²) in [5, 5.41) is 10.0. The summed E-state index contributed by atoms with van der Waals surface area (Å²) in [7, 11) is 1.54. The molecule has 0 aromatic heterocycles. The number of hydrogen-bond acceptors (Lipinski definition) is 2. The summed E-state index contributed by atoms with van der Waals surface area (Å²) in [6.07, 6.45) is 0.136. The van der Waals surface area contributed by atoms with Gasteiger partial charge >= 0.3 is 0 Å². The van der Waals surface area contributed by atoms with Crippen LogP contribution in [-0.2, 0) is 14.6 Å². The van der Waals surface area contributed by atoms with Crippen molar-refractivity contribution in [3.05, 3.63) is 0 Å². The summed E-state index contributed by atoms with van der Waals surface area (Å²) in [5.41, 5.74) is 0. The molecule has 0 aromatic carbocycles. The Morgan fingerprint density at radius 1 is 1.56 bits per heavy atom. The summed E-state index contributed by atoms with van der Waals surface area (Å²) in [5.74, 6) is 0. The molecule has 0 saturated heterocycles. The van der Waals surface area contributed by atoms with Crippen LogP contribution in [0.2, 0.25) is 0 Å². The minimum absolute atomic E-state index is 0.140. The van der Waals surface area contributed by atoms with Gasteiger partial charge in [-0.25, -0.2) is 5.11 Å². The van der Waals surface area contributed by atoms with Crippen LogP contribution in [0.3, 0.4) is 0 Å². The quantitative estimate of drug-likeness (QED) is 0.521. The van der Waals surface area contributed by atoms with Crippen LogP contribution in [-0.4, -0.2) is 26.6 Å². The first-order valence-corrected chi connectivity index (χ1v) is 3.07. The van der Waals surface area contributed by atoms with E-state index in [1.54, 1.807) is 0 Å². The average Bonchev–Trinajstić information content (AvgIpc) is 1.88. The molecule has 0 bridgehead atoms. The molecule has 0 aromatic rings. The van der Waals surface area contributed by atoms with Gasteiger partial charge in [0.05, 0.1) is 6.61 Å². The molecule has 9 heavy (non-hydrogen) atoms. The summed E-state index contributed by atoms with van der Waals surface area (Å²) in [6, 6.07) is 0. The zero-order chi connectivity index (χ0) is 7.11. The highest BCUT2D eigenvalue weighted by Gasteiger charge is 2.03. The zero-order valence-electron chi connectivity index (χ0n) is 5.92. The molecule has 0 aliphatic heterocycles. The fourth-order valence-corrected chi connectivity index (χ4v) is 0.551. The van der Waals surface area contributed by atoms with Crippen LogP contribution in [0.25, 0.3) is 0 Å². The SMILES string of the molecule is CCOC(CC[O])OC. The van der Waals surface area contributed by atoms with Gasteiger partial charge in [0.2, 0.25) is 0 Å². The first-order chi connectivity index (χ1) is 4.35. The number of methoxy groups -OCH3 is 1. The topological polar surface area (TPSA) is 38.4 Å². The van der Waals surface area contributed by atoms with Crippen molar-refractivity contribution >= 4 is 0 Å². The first-order valence-electron chi connectivity index (χ1n) is 3.07. The van der Waals surface area contributed by atoms with E-state index >= 15 is 0 Å². The molecule has 0 spiro atoms. The van der Waals surface area contributed by atoms with Gasteiger partial charge in [0.25, 0.3) is 0 Å². The van der Waals surface area contributed by atoms with Crippen molar-refractivity contribution in [2.75, 3.05) is 20.3 Å². The van der Waals surface area contributed by atoms with Crippen molar-refractivity contribution in [2.45, 2.75) is 19.6 Å². The molecule has 0 rings (SSSR count). The second-order valence-electron chi connectivity index (χ2n) is 1.61. The third kappa shape index (κ3) is 4.39. The molecule has 0 saturated carbocycles. The molecule has 3 heteroatoms. The Labute approximate surface area is 55.6 Å². The first kappa shape index (κ1) is 8.88. The molecule has 1 radical (unpaired) electrons. The maximum atomic E-state index is 10.0. The zero-order valence-corrected chi connectivity index (χ0v) is 5.92. The summed E-state index contributed by atoms with van der Waals surface area (Å²) >= 11 is 0. The average molecular weight is 133 g/mol. The molecule has 1 atom stereocenters. The monoisotopic (exact) mass is 133 g/mol. The molecule has 55 valence electrons. The van der Waals surface area contributed by atoms with E-state index in [9.17, 15) is 5.11 Å². The van der Waals surface area contributed by atoms with E-state index in [4.69, 9.17) is 9.47 Å². The van der Waals surface area contributed by atoms with E-state index < -0.39 is 0 Å². The van der Waals surface area contributed by atoms with Crippen LogP contribution < -0.4 is 0 Å².